The number of hydrogen-bond donors (Lipinski definition) is 1. The summed E-state index contributed by atoms with van der Waals surface area (Å²) in [7, 11) is 0. The topological polar surface area (TPSA) is 54.5 Å². The van der Waals surface area contributed by atoms with Crippen LogP contribution < -0.4 is 5.32 Å². The van der Waals surface area contributed by atoms with Crippen LogP contribution in [0.25, 0.3) is 0 Å². The third-order valence-corrected chi connectivity index (χ3v) is 4.63. The summed E-state index contributed by atoms with van der Waals surface area (Å²) in [4.78, 5) is 18.8. The number of rotatable bonds is 4. The van der Waals surface area contributed by atoms with Crippen LogP contribution >= 0.6 is 12.4 Å². The van der Waals surface area contributed by atoms with Crippen molar-refractivity contribution in [3.63, 3.8) is 0 Å². The summed E-state index contributed by atoms with van der Waals surface area (Å²) in [5.74, 6) is 0.235. The zero-order chi connectivity index (χ0) is 15.4. The van der Waals surface area contributed by atoms with Crippen molar-refractivity contribution in [2.45, 2.75) is 50.9 Å². The zero-order valence-electron chi connectivity index (χ0n) is 13.6. The predicted molar refractivity (Wildman–Crippen MR) is 91.6 cm³/mol. The minimum absolute atomic E-state index is 0. The monoisotopic (exact) mass is 339 g/mol. The molecule has 1 N–H and O–H groups in total. The van der Waals surface area contributed by atoms with Crippen molar-refractivity contribution in [3.05, 3.63) is 30.1 Å². The standard InChI is InChI=1S/C17H25N3O2.ClH/c1-13-4-5-15(22-13)6-7-17(21)20-10-9-19-12-16(20)14-3-2-8-18-11-14;/h2-3,8,11,13,15-16,19H,4-7,9-10,12H2,1H3;1H. The van der Waals surface area contributed by atoms with E-state index in [-0.39, 0.29) is 30.5 Å². The first-order valence-corrected chi connectivity index (χ1v) is 8.29. The molecular formula is C17H26ClN3O2. The number of aromatic nitrogens is 1. The Morgan fingerprint density at radius 1 is 1.48 bits per heavy atom. The number of ether oxygens (including phenoxy) is 1. The molecule has 3 unspecified atom stereocenters. The van der Waals surface area contributed by atoms with Crippen LogP contribution in [-0.4, -0.2) is 47.6 Å². The van der Waals surface area contributed by atoms with Gasteiger partial charge < -0.3 is 15.0 Å². The van der Waals surface area contributed by atoms with Crippen LogP contribution in [0.15, 0.2) is 24.5 Å². The highest BCUT2D eigenvalue weighted by Gasteiger charge is 2.29. The summed E-state index contributed by atoms with van der Waals surface area (Å²) in [6.07, 6.45) is 7.86. The summed E-state index contributed by atoms with van der Waals surface area (Å²) in [6.45, 7) is 4.53. The van der Waals surface area contributed by atoms with E-state index in [0.29, 0.717) is 12.5 Å². The average molecular weight is 340 g/mol. The van der Waals surface area contributed by atoms with Crippen LogP contribution in [0.2, 0.25) is 0 Å². The molecule has 23 heavy (non-hydrogen) atoms. The van der Waals surface area contributed by atoms with E-state index in [4.69, 9.17) is 4.74 Å². The molecule has 2 saturated heterocycles. The SMILES string of the molecule is CC1CCC(CCC(=O)N2CCNCC2c2cccnc2)O1.Cl. The van der Waals surface area contributed by atoms with Crippen molar-refractivity contribution < 1.29 is 9.53 Å². The molecule has 2 aliphatic rings. The van der Waals surface area contributed by atoms with E-state index < -0.39 is 0 Å². The summed E-state index contributed by atoms with van der Waals surface area (Å²) < 4.78 is 5.82. The third kappa shape index (κ3) is 4.66. The van der Waals surface area contributed by atoms with Crippen LogP contribution in [-0.2, 0) is 9.53 Å². The first-order valence-electron chi connectivity index (χ1n) is 8.29. The van der Waals surface area contributed by atoms with Gasteiger partial charge in [-0.25, -0.2) is 0 Å². The molecule has 0 spiro atoms. The highest BCUT2D eigenvalue weighted by Crippen LogP contribution is 2.25. The first kappa shape index (κ1) is 18.2. The van der Waals surface area contributed by atoms with E-state index in [0.717, 1.165) is 44.5 Å². The maximum Gasteiger partial charge on any atom is 0.223 e. The van der Waals surface area contributed by atoms with E-state index in [1.54, 1.807) is 6.20 Å². The molecule has 1 aromatic rings. The van der Waals surface area contributed by atoms with Gasteiger partial charge in [0.05, 0.1) is 18.2 Å². The molecule has 3 atom stereocenters. The minimum Gasteiger partial charge on any atom is -0.375 e. The van der Waals surface area contributed by atoms with Gasteiger partial charge in [-0.1, -0.05) is 6.07 Å². The van der Waals surface area contributed by atoms with Crippen LogP contribution in [0.5, 0.6) is 0 Å². The molecule has 1 amide bonds. The van der Waals surface area contributed by atoms with Crippen molar-refractivity contribution in [1.82, 2.24) is 15.2 Å². The molecule has 6 heteroatoms. The van der Waals surface area contributed by atoms with Crippen LogP contribution in [0.3, 0.4) is 0 Å². The van der Waals surface area contributed by atoms with Gasteiger partial charge in [0.25, 0.3) is 0 Å². The molecule has 0 aliphatic carbocycles. The van der Waals surface area contributed by atoms with Gasteiger partial charge in [0.15, 0.2) is 0 Å². The third-order valence-electron chi connectivity index (χ3n) is 4.63. The van der Waals surface area contributed by atoms with Crippen LogP contribution in [0.1, 0.15) is 44.2 Å². The molecule has 3 rings (SSSR count). The van der Waals surface area contributed by atoms with Gasteiger partial charge in [-0.2, -0.15) is 0 Å². The number of hydrogen-bond acceptors (Lipinski definition) is 4. The predicted octanol–water partition coefficient (Wildman–Crippen LogP) is 2.32. The number of pyridine rings is 1. The molecule has 2 fully saturated rings. The second-order valence-electron chi connectivity index (χ2n) is 6.28. The molecule has 2 aliphatic heterocycles. The second-order valence-corrected chi connectivity index (χ2v) is 6.28. The zero-order valence-corrected chi connectivity index (χ0v) is 14.4. The smallest absolute Gasteiger partial charge is 0.223 e. The molecule has 0 radical (unpaired) electrons. The Kier molecular flexibility index (Phi) is 6.81. The lowest BCUT2D eigenvalue weighted by Gasteiger charge is -2.36. The molecule has 0 aromatic carbocycles. The van der Waals surface area contributed by atoms with E-state index in [2.05, 4.69) is 17.2 Å². The van der Waals surface area contributed by atoms with Crippen molar-refractivity contribution in [2.75, 3.05) is 19.6 Å². The fraction of sp³-hybridized carbons (Fsp3) is 0.647. The Morgan fingerprint density at radius 3 is 3.04 bits per heavy atom. The van der Waals surface area contributed by atoms with Crippen LogP contribution in [0.4, 0.5) is 0 Å². The number of piperazine rings is 1. The molecule has 1 aromatic heterocycles. The van der Waals surface area contributed by atoms with Gasteiger partial charge in [-0.15, -0.1) is 12.4 Å². The Morgan fingerprint density at radius 2 is 2.35 bits per heavy atom. The quantitative estimate of drug-likeness (QED) is 0.914. The molecule has 128 valence electrons. The Hall–Kier alpha value is -1.17. The highest BCUT2D eigenvalue weighted by atomic mass is 35.5. The van der Waals surface area contributed by atoms with Gasteiger partial charge in [-0.3, -0.25) is 9.78 Å². The second kappa shape index (κ2) is 8.62. The molecule has 5 nitrogen and oxygen atoms in total. The molecule has 0 saturated carbocycles. The fourth-order valence-electron chi connectivity index (χ4n) is 3.40. The number of amides is 1. The minimum atomic E-state index is 0. The number of nitrogens with zero attached hydrogens (tertiary/aromatic N) is 2. The van der Waals surface area contributed by atoms with Gasteiger partial charge in [0, 0.05) is 38.4 Å². The lowest BCUT2D eigenvalue weighted by atomic mass is 10.0. The Bertz CT molecular complexity index is 500. The number of carbonyl (C=O) groups is 1. The summed E-state index contributed by atoms with van der Waals surface area (Å²) in [5, 5.41) is 3.37. The van der Waals surface area contributed by atoms with Crippen molar-refractivity contribution in [1.29, 1.82) is 0 Å². The average Bonchev–Trinajstić information content (AvgIpc) is 2.99. The Balaban J connectivity index is 0.00000192. The maximum atomic E-state index is 12.6. The first-order chi connectivity index (χ1) is 10.7. The van der Waals surface area contributed by atoms with Gasteiger partial charge in [-0.05, 0) is 37.8 Å². The largest absolute Gasteiger partial charge is 0.375 e. The van der Waals surface area contributed by atoms with E-state index in [1.807, 2.05) is 23.2 Å². The molecule has 3 heterocycles. The lowest BCUT2D eigenvalue weighted by molar-refractivity contribution is -0.135. The van der Waals surface area contributed by atoms with Crippen LogP contribution in [0, 0.1) is 0 Å². The van der Waals surface area contributed by atoms with Crippen molar-refractivity contribution in [2.24, 2.45) is 0 Å². The number of carbonyl (C=O) groups excluding carboxylic acids is 1. The van der Waals surface area contributed by atoms with E-state index in [9.17, 15) is 4.79 Å². The van der Waals surface area contributed by atoms with Crippen molar-refractivity contribution >= 4 is 18.3 Å². The number of halogens is 1. The number of nitrogens with one attached hydrogen (secondary N) is 1. The summed E-state index contributed by atoms with van der Waals surface area (Å²) >= 11 is 0. The summed E-state index contributed by atoms with van der Waals surface area (Å²) in [5.41, 5.74) is 1.11. The van der Waals surface area contributed by atoms with Gasteiger partial charge in [0.1, 0.15) is 0 Å². The van der Waals surface area contributed by atoms with E-state index >= 15 is 0 Å². The fourth-order valence-corrected chi connectivity index (χ4v) is 3.40. The maximum absolute atomic E-state index is 12.6. The highest BCUT2D eigenvalue weighted by molar-refractivity contribution is 5.85. The molecular weight excluding hydrogens is 314 g/mol. The van der Waals surface area contributed by atoms with Gasteiger partial charge in [0.2, 0.25) is 5.91 Å². The Labute approximate surface area is 144 Å². The lowest BCUT2D eigenvalue weighted by Crippen LogP contribution is -2.48. The normalized spacial score (nSPS) is 27.5. The van der Waals surface area contributed by atoms with Gasteiger partial charge >= 0.3 is 0 Å². The molecule has 0 bridgehead atoms. The van der Waals surface area contributed by atoms with E-state index in [1.165, 1.54) is 0 Å². The van der Waals surface area contributed by atoms with Crippen molar-refractivity contribution in [3.8, 4) is 0 Å². The summed E-state index contributed by atoms with van der Waals surface area (Å²) in [6, 6.07) is 4.07.